The number of hydrogen-bond donors (Lipinski definition) is 0. The van der Waals surface area contributed by atoms with Crippen LogP contribution in [0, 0.1) is 0 Å². The maximum Gasteiger partial charge on any atom is 0.213 e. The second kappa shape index (κ2) is 5.56. The minimum Gasteiger partial charge on any atom is -0.497 e. The van der Waals surface area contributed by atoms with Crippen molar-refractivity contribution in [1.29, 1.82) is 0 Å². The van der Waals surface area contributed by atoms with Crippen LogP contribution in [-0.2, 0) is 7.05 Å². The van der Waals surface area contributed by atoms with Crippen LogP contribution in [0.25, 0.3) is 10.9 Å². The van der Waals surface area contributed by atoms with Crippen LogP contribution >= 0.6 is 0 Å². The molecule has 112 valence electrons. The molecule has 0 radical (unpaired) electrons. The van der Waals surface area contributed by atoms with Gasteiger partial charge in [0.25, 0.3) is 0 Å². The number of carbonyl (C=O) groups excluding carboxylic acids is 1. The van der Waals surface area contributed by atoms with Crippen LogP contribution in [0.3, 0.4) is 0 Å². The Hall–Kier alpha value is -2.75. The van der Waals surface area contributed by atoms with Crippen molar-refractivity contribution < 1.29 is 14.3 Å². The van der Waals surface area contributed by atoms with Gasteiger partial charge in [0.15, 0.2) is 0 Å². The first kappa shape index (κ1) is 14.2. The van der Waals surface area contributed by atoms with Gasteiger partial charge in [-0.05, 0) is 36.4 Å². The maximum atomic E-state index is 12.8. The Morgan fingerprint density at radius 3 is 2.50 bits per heavy atom. The van der Waals surface area contributed by atoms with Crippen molar-refractivity contribution in [2.24, 2.45) is 7.05 Å². The number of carbonyl (C=O) groups is 1. The van der Waals surface area contributed by atoms with Crippen LogP contribution in [-0.4, -0.2) is 24.6 Å². The van der Waals surface area contributed by atoms with Gasteiger partial charge in [-0.3, -0.25) is 4.79 Å². The molecule has 0 saturated carbocycles. The Balaban J connectivity index is 2.13. The summed E-state index contributed by atoms with van der Waals surface area (Å²) in [6, 6.07) is 14.9. The third kappa shape index (κ3) is 2.22. The first-order valence-corrected chi connectivity index (χ1v) is 6.97. The van der Waals surface area contributed by atoms with E-state index in [9.17, 15) is 4.79 Å². The third-order valence-corrected chi connectivity index (χ3v) is 3.83. The van der Waals surface area contributed by atoms with Gasteiger partial charge in [-0.15, -0.1) is 0 Å². The Bertz CT molecular complexity index is 849. The molecule has 1 aromatic heterocycles. The molecule has 4 nitrogen and oxygen atoms in total. The summed E-state index contributed by atoms with van der Waals surface area (Å²) in [5.41, 5.74) is 2.16. The minimum absolute atomic E-state index is 0.0601. The van der Waals surface area contributed by atoms with Crippen LogP contribution in [0.1, 0.15) is 16.1 Å². The molecule has 0 saturated heterocycles. The highest BCUT2D eigenvalue weighted by Crippen LogP contribution is 2.27. The van der Waals surface area contributed by atoms with E-state index in [-0.39, 0.29) is 5.78 Å². The highest BCUT2D eigenvalue weighted by Gasteiger charge is 2.18. The number of aryl methyl sites for hydroxylation is 1. The molecule has 0 spiro atoms. The first-order chi connectivity index (χ1) is 10.7. The number of hydrogen-bond acceptors (Lipinski definition) is 3. The van der Waals surface area contributed by atoms with Crippen molar-refractivity contribution in [3.05, 3.63) is 59.8 Å². The van der Waals surface area contributed by atoms with Gasteiger partial charge in [0.05, 0.1) is 25.5 Å². The minimum atomic E-state index is -0.0601. The van der Waals surface area contributed by atoms with Gasteiger partial charge in [0, 0.05) is 18.0 Å². The normalized spacial score (nSPS) is 10.7. The molecule has 0 N–H and O–H groups in total. The Morgan fingerprint density at radius 1 is 1.00 bits per heavy atom. The van der Waals surface area contributed by atoms with Crippen molar-refractivity contribution in [1.82, 2.24) is 4.57 Å². The zero-order chi connectivity index (χ0) is 15.7. The van der Waals surface area contributed by atoms with E-state index >= 15 is 0 Å². The molecule has 0 fully saturated rings. The van der Waals surface area contributed by atoms with Crippen molar-refractivity contribution in [2.45, 2.75) is 0 Å². The van der Waals surface area contributed by atoms with Crippen molar-refractivity contribution >= 4 is 16.7 Å². The Morgan fingerprint density at radius 2 is 1.77 bits per heavy atom. The van der Waals surface area contributed by atoms with E-state index in [1.807, 2.05) is 48.0 Å². The number of fused-ring (bicyclic) bond motifs is 1. The second-order valence-corrected chi connectivity index (χ2v) is 5.04. The number of aromatic nitrogens is 1. The Kier molecular flexibility index (Phi) is 3.59. The number of rotatable bonds is 4. The quantitative estimate of drug-likeness (QED) is 0.692. The molecule has 0 aliphatic carbocycles. The lowest BCUT2D eigenvalue weighted by Gasteiger charge is -2.08. The molecular formula is C18H17NO3. The third-order valence-electron chi connectivity index (χ3n) is 3.83. The number of methoxy groups -OCH3 is 2. The fraction of sp³-hybridized carbons (Fsp3) is 0.167. The molecule has 0 unspecified atom stereocenters. The summed E-state index contributed by atoms with van der Waals surface area (Å²) in [7, 11) is 5.08. The van der Waals surface area contributed by atoms with Crippen LogP contribution < -0.4 is 9.47 Å². The molecule has 3 aromatic rings. The lowest BCUT2D eigenvalue weighted by Crippen LogP contribution is -2.08. The predicted molar refractivity (Wildman–Crippen MR) is 85.9 cm³/mol. The van der Waals surface area contributed by atoms with Crippen molar-refractivity contribution in [3.63, 3.8) is 0 Å². The number of ketones is 1. The van der Waals surface area contributed by atoms with Gasteiger partial charge in [-0.2, -0.15) is 0 Å². The van der Waals surface area contributed by atoms with E-state index in [1.165, 1.54) is 0 Å². The smallest absolute Gasteiger partial charge is 0.213 e. The maximum absolute atomic E-state index is 12.8. The fourth-order valence-corrected chi connectivity index (χ4v) is 2.64. The van der Waals surface area contributed by atoms with Crippen LogP contribution in [0.4, 0.5) is 0 Å². The number of para-hydroxylation sites is 1. The molecule has 0 amide bonds. The first-order valence-electron chi connectivity index (χ1n) is 6.97. The highest BCUT2D eigenvalue weighted by atomic mass is 16.5. The Labute approximate surface area is 128 Å². The lowest BCUT2D eigenvalue weighted by atomic mass is 10.1. The zero-order valence-electron chi connectivity index (χ0n) is 12.8. The van der Waals surface area contributed by atoms with Gasteiger partial charge in [0.2, 0.25) is 5.78 Å². The summed E-state index contributed by atoms with van der Waals surface area (Å²) in [5.74, 6) is 1.29. The zero-order valence-corrected chi connectivity index (χ0v) is 12.8. The fourth-order valence-electron chi connectivity index (χ4n) is 2.64. The largest absolute Gasteiger partial charge is 0.497 e. The summed E-state index contributed by atoms with van der Waals surface area (Å²) in [6.07, 6.45) is 0. The van der Waals surface area contributed by atoms with Crippen molar-refractivity contribution in [2.75, 3.05) is 14.2 Å². The molecule has 4 heteroatoms. The molecule has 0 aliphatic heterocycles. The summed E-state index contributed by atoms with van der Waals surface area (Å²) in [5, 5.41) is 0.972. The lowest BCUT2D eigenvalue weighted by molar-refractivity contribution is 0.102. The average molecular weight is 295 g/mol. The van der Waals surface area contributed by atoms with Gasteiger partial charge >= 0.3 is 0 Å². The predicted octanol–water partition coefficient (Wildman–Crippen LogP) is 3.43. The average Bonchev–Trinajstić information content (AvgIpc) is 2.90. The van der Waals surface area contributed by atoms with Gasteiger partial charge in [-0.1, -0.05) is 12.1 Å². The van der Waals surface area contributed by atoms with Gasteiger partial charge < -0.3 is 14.0 Å². The number of nitrogens with zero attached hydrogens (tertiary/aromatic N) is 1. The summed E-state index contributed by atoms with van der Waals surface area (Å²) < 4.78 is 12.4. The molecule has 0 atom stereocenters. The van der Waals surface area contributed by atoms with Gasteiger partial charge in [0.1, 0.15) is 11.5 Å². The highest BCUT2D eigenvalue weighted by molar-refractivity contribution is 6.12. The second-order valence-electron chi connectivity index (χ2n) is 5.04. The van der Waals surface area contributed by atoms with Crippen LogP contribution in [0.2, 0.25) is 0 Å². The van der Waals surface area contributed by atoms with E-state index in [1.54, 1.807) is 26.4 Å². The molecule has 0 aliphatic rings. The van der Waals surface area contributed by atoms with Crippen LogP contribution in [0.5, 0.6) is 11.5 Å². The molecule has 0 bridgehead atoms. The molecule has 22 heavy (non-hydrogen) atoms. The van der Waals surface area contributed by atoms with Gasteiger partial charge in [-0.25, -0.2) is 0 Å². The summed E-state index contributed by atoms with van der Waals surface area (Å²) >= 11 is 0. The SMILES string of the molecule is COc1ccc2c(c1)cc(C(=O)c1ccccc1OC)n2C. The van der Waals surface area contributed by atoms with E-state index in [0.717, 1.165) is 16.7 Å². The molecular weight excluding hydrogens is 278 g/mol. The van der Waals surface area contributed by atoms with Crippen LogP contribution in [0.15, 0.2) is 48.5 Å². The van der Waals surface area contributed by atoms with E-state index in [4.69, 9.17) is 9.47 Å². The van der Waals surface area contributed by atoms with E-state index < -0.39 is 0 Å². The van der Waals surface area contributed by atoms with E-state index in [2.05, 4.69) is 0 Å². The molecule has 3 rings (SSSR count). The molecule has 1 heterocycles. The van der Waals surface area contributed by atoms with E-state index in [0.29, 0.717) is 17.0 Å². The summed E-state index contributed by atoms with van der Waals surface area (Å²) in [4.78, 5) is 12.8. The number of ether oxygens (including phenoxy) is 2. The summed E-state index contributed by atoms with van der Waals surface area (Å²) in [6.45, 7) is 0. The monoisotopic (exact) mass is 295 g/mol. The molecule has 2 aromatic carbocycles. The standard InChI is InChI=1S/C18H17NO3/c1-19-15-9-8-13(21-2)10-12(15)11-16(19)18(20)14-6-4-5-7-17(14)22-3/h4-11H,1-3H3. The van der Waals surface area contributed by atoms with Crippen molar-refractivity contribution in [3.8, 4) is 11.5 Å². The topological polar surface area (TPSA) is 40.5 Å². The number of benzene rings is 2.